The maximum Gasteiger partial charge on any atom is 0.333 e. The van der Waals surface area contributed by atoms with Gasteiger partial charge >= 0.3 is 5.69 Å². The van der Waals surface area contributed by atoms with Gasteiger partial charge in [-0.3, -0.25) is 18.7 Å². The zero-order valence-corrected chi connectivity index (χ0v) is 18.8. The lowest BCUT2D eigenvalue weighted by molar-refractivity contribution is -0.132. The number of hydrogen-bond donors (Lipinski definition) is 1. The molecule has 0 saturated heterocycles. The molecule has 1 aromatic carbocycles. The first-order valence-electron chi connectivity index (χ1n) is 9.88. The number of carbonyl (C=O) groups is 1. The predicted octanol–water partition coefficient (Wildman–Crippen LogP) is 0.903. The molecule has 2 aromatic rings. The highest BCUT2D eigenvalue weighted by Crippen LogP contribution is 2.43. The van der Waals surface area contributed by atoms with E-state index in [9.17, 15) is 19.5 Å². The number of rotatable bonds is 6. The van der Waals surface area contributed by atoms with Gasteiger partial charge in [0.2, 0.25) is 17.5 Å². The molecular weight excluding hydrogens is 420 g/mol. The van der Waals surface area contributed by atoms with Crippen LogP contribution in [0.25, 0.3) is 0 Å². The number of ether oxygens (including phenoxy) is 3. The average Bonchev–Trinajstić information content (AvgIpc) is 3.24. The molecule has 11 heteroatoms. The molecule has 1 aromatic heterocycles. The summed E-state index contributed by atoms with van der Waals surface area (Å²) in [5, 5.41) is 16.2. The molecular formula is C21H26N4O7. The molecule has 1 atom stereocenters. The second kappa shape index (κ2) is 8.77. The average molecular weight is 446 g/mol. The van der Waals surface area contributed by atoms with Crippen molar-refractivity contribution in [3.05, 3.63) is 44.1 Å². The molecule has 1 aliphatic rings. The molecule has 172 valence electrons. The molecule has 1 N–H and O–H groups in total. The Hall–Kier alpha value is -3.76. The van der Waals surface area contributed by atoms with Crippen LogP contribution in [0.2, 0.25) is 0 Å². The minimum Gasteiger partial charge on any atom is -0.494 e. The normalized spacial score (nSPS) is 15.5. The molecule has 1 aliphatic heterocycles. The van der Waals surface area contributed by atoms with Gasteiger partial charge in [0.25, 0.3) is 5.56 Å². The fraction of sp³-hybridized carbons (Fsp3) is 0.429. The Morgan fingerprint density at radius 3 is 2.19 bits per heavy atom. The Bertz CT molecular complexity index is 1190. The van der Waals surface area contributed by atoms with Crippen LogP contribution in [-0.4, -0.2) is 52.2 Å². The predicted molar refractivity (Wildman–Crippen MR) is 116 cm³/mol. The summed E-state index contributed by atoms with van der Waals surface area (Å²) in [6, 6.07) is 2.82. The Labute approximate surface area is 184 Å². The number of nitrogens with zero attached hydrogens (tertiary/aromatic N) is 4. The molecule has 1 amide bonds. The fourth-order valence-corrected chi connectivity index (χ4v) is 3.69. The smallest absolute Gasteiger partial charge is 0.333 e. The highest BCUT2D eigenvalue weighted by molar-refractivity contribution is 6.04. The third kappa shape index (κ3) is 3.59. The molecule has 3 rings (SSSR count). The van der Waals surface area contributed by atoms with Gasteiger partial charge in [-0.2, -0.15) is 5.10 Å². The van der Waals surface area contributed by atoms with Gasteiger partial charge in [-0.1, -0.05) is 6.92 Å². The topological polar surface area (TPSA) is 125 Å². The van der Waals surface area contributed by atoms with Gasteiger partial charge in [0.15, 0.2) is 11.5 Å². The lowest BCUT2D eigenvalue weighted by Gasteiger charge is -2.23. The van der Waals surface area contributed by atoms with Crippen LogP contribution in [0.3, 0.4) is 0 Å². The van der Waals surface area contributed by atoms with Crippen LogP contribution in [0.4, 0.5) is 0 Å². The number of hydrogen-bond acceptors (Lipinski definition) is 8. The highest BCUT2D eigenvalue weighted by atomic mass is 16.5. The van der Waals surface area contributed by atoms with E-state index in [0.29, 0.717) is 22.8 Å². The van der Waals surface area contributed by atoms with E-state index in [1.54, 1.807) is 19.1 Å². The van der Waals surface area contributed by atoms with E-state index in [2.05, 4.69) is 5.10 Å². The summed E-state index contributed by atoms with van der Waals surface area (Å²) in [5.74, 6) is 0.419. The summed E-state index contributed by atoms with van der Waals surface area (Å²) in [5.41, 5.74) is -0.657. The van der Waals surface area contributed by atoms with Crippen LogP contribution in [-0.2, 0) is 18.9 Å². The van der Waals surface area contributed by atoms with E-state index >= 15 is 0 Å². The van der Waals surface area contributed by atoms with Crippen LogP contribution in [0.15, 0.2) is 26.8 Å². The van der Waals surface area contributed by atoms with Crippen molar-refractivity contribution < 1.29 is 24.1 Å². The Morgan fingerprint density at radius 1 is 1.09 bits per heavy atom. The van der Waals surface area contributed by atoms with Gasteiger partial charge in [0.1, 0.15) is 5.56 Å². The Morgan fingerprint density at radius 2 is 1.69 bits per heavy atom. The van der Waals surface area contributed by atoms with E-state index in [1.165, 1.54) is 40.4 Å². The van der Waals surface area contributed by atoms with Crippen LogP contribution in [0.5, 0.6) is 23.1 Å². The standard InChI is InChI=1S/C21H26N4O7/c1-7-16(26)25-13(11-8-14(30-4)18(32-6)15(9-11)31-5)10-12(22-25)17-19(27)23(2)21(29)24(3)20(17)28/h8-9,13,27H,7,10H2,1-6H3. The molecule has 0 radical (unpaired) electrons. The van der Waals surface area contributed by atoms with Gasteiger partial charge in [0, 0.05) is 26.9 Å². The van der Waals surface area contributed by atoms with Gasteiger partial charge in [-0.05, 0) is 17.7 Å². The van der Waals surface area contributed by atoms with Gasteiger partial charge < -0.3 is 19.3 Å². The summed E-state index contributed by atoms with van der Waals surface area (Å²) < 4.78 is 18.0. The number of hydrazone groups is 1. The van der Waals surface area contributed by atoms with Crippen molar-refractivity contribution in [1.82, 2.24) is 14.1 Å². The van der Waals surface area contributed by atoms with Gasteiger partial charge in [-0.25, -0.2) is 9.80 Å². The van der Waals surface area contributed by atoms with Crippen LogP contribution >= 0.6 is 0 Å². The van der Waals surface area contributed by atoms with E-state index in [0.717, 1.165) is 9.13 Å². The zero-order chi connectivity index (χ0) is 23.7. The monoisotopic (exact) mass is 446 g/mol. The summed E-state index contributed by atoms with van der Waals surface area (Å²) in [6.07, 6.45) is 0.306. The number of benzene rings is 1. The second-order valence-corrected chi connectivity index (χ2v) is 7.22. The van der Waals surface area contributed by atoms with Crippen LogP contribution < -0.4 is 25.5 Å². The van der Waals surface area contributed by atoms with Gasteiger partial charge in [-0.15, -0.1) is 0 Å². The molecule has 0 bridgehead atoms. The van der Waals surface area contributed by atoms with E-state index < -0.39 is 23.2 Å². The number of aromatic hydroxyl groups is 1. The first-order valence-corrected chi connectivity index (χ1v) is 9.88. The molecule has 0 saturated carbocycles. The SMILES string of the molecule is CCC(=O)N1N=C(c2c(O)n(C)c(=O)n(C)c2=O)CC1c1cc(OC)c(OC)c(OC)c1. The molecule has 0 spiro atoms. The Kier molecular flexibility index (Phi) is 6.28. The van der Waals surface area contributed by atoms with Crippen molar-refractivity contribution in [2.75, 3.05) is 21.3 Å². The molecule has 32 heavy (non-hydrogen) atoms. The Balaban J connectivity index is 2.18. The van der Waals surface area contributed by atoms with Crippen molar-refractivity contribution in [3.63, 3.8) is 0 Å². The van der Waals surface area contributed by atoms with Crippen LogP contribution in [0.1, 0.15) is 36.9 Å². The first kappa shape index (κ1) is 22.9. The molecule has 2 heterocycles. The van der Waals surface area contributed by atoms with Crippen molar-refractivity contribution in [2.24, 2.45) is 19.2 Å². The largest absolute Gasteiger partial charge is 0.494 e. The first-order chi connectivity index (χ1) is 15.2. The third-order valence-electron chi connectivity index (χ3n) is 5.46. The van der Waals surface area contributed by atoms with E-state index in [1.807, 2.05) is 0 Å². The van der Waals surface area contributed by atoms with Crippen molar-refractivity contribution in [1.29, 1.82) is 0 Å². The molecule has 0 fully saturated rings. The minimum absolute atomic E-state index is 0.126. The summed E-state index contributed by atoms with van der Waals surface area (Å²) in [7, 11) is 7.12. The van der Waals surface area contributed by atoms with E-state index in [4.69, 9.17) is 14.2 Å². The number of amides is 1. The fourth-order valence-electron chi connectivity index (χ4n) is 3.69. The molecule has 1 unspecified atom stereocenters. The number of methoxy groups -OCH3 is 3. The lowest BCUT2D eigenvalue weighted by Crippen LogP contribution is -2.39. The van der Waals surface area contributed by atoms with Crippen molar-refractivity contribution in [3.8, 4) is 23.1 Å². The third-order valence-corrected chi connectivity index (χ3v) is 5.46. The molecule has 11 nitrogen and oxygen atoms in total. The van der Waals surface area contributed by atoms with Crippen molar-refractivity contribution in [2.45, 2.75) is 25.8 Å². The maximum atomic E-state index is 12.8. The lowest BCUT2D eigenvalue weighted by atomic mass is 9.98. The highest BCUT2D eigenvalue weighted by Gasteiger charge is 2.36. The van der Waals surface area contributed by atoms with Crippen LogP contribution in [0, 0.1) is 0 Å². The minimum atomic E-state index is -0.696. The summed E-state index contributed by atoms with van der Waals surface area (Å²) in [4.78, 5) is 37.6. The maximum absolute atomic E-state index is 12.8. The zero-order valence-electron chi connectivity index (χ0n) is 18.8. The van der Waals surface area contributed by atoms with Crippen molar-refractivity contribution >= 4 is 11.6 Å². The molecule has 0 aliphatic carbocycles. The summed E-state index contributed by atoms with van der Waals surface area (Å²) in [6.45, 7) is 1.70. The quantitative estimate of drug-likeness (QED) is 0.699. The number of aromatic nitrogens is 2. The second-order valence-electron chi connectivity index (χ2n) is 7.22. The van der Waals surface area contributed by atoms with E-state index in [-0.39, 0.29) is 30.0 Å². The number of carbonyl (C=O) groups excluding carboxylic acids is 1. The summed E-state index contributed by atoms with van der Waals surface area (Å²) >= 11 is 0. The van der Waals surface area contributed by atoms with Gasteiger partial charge in [0.05, 0.1) is 33.1 Å².